The molecule has 1 radical (unpaired) electrons. The molecule has 0 unspecified atom stereocenters. The third-order valence-electron chi connectivity index (χ3n) is 1.94. The molecule has 5 nitrogen and oxygen atoms in total. The van der Waals surface area contributed by atoms with Gasteiger partial charge in [-0.3, -0.25) is 4.79 Å². The minimum Gasteiger partial charge on any atom is -0.388 e. The second-order valence-corrected chi connectivity index (χ2v) is 2.90. The van der Waals surface area contributed by atoms with Crippen LogP contribution in [0.25, 0.3) is 0 Å². The van der Waals surface area contributed by atoms with Crippen molar-refractivity contribution in [1.29, 1.82) is 0 Å². The van der Waals surface area contributed by atoms with Gasteiger partial charge in [-0.15, -0.1) is 0 Å². The van der Waals surface area contributed by atoms with Crippen molar-refractivity contribution < 1.29 is 24.9 Å². The Bertz CT molecular complexity index is 183. The number of aldehydes is 1. The topological polar surface area (TPSA) is 87.0 Å². The number of hydrogen-bond donors (Lipinski definition) is 3. The summed E-state index contributed by atoms with van der Waals surface area (Å²) < 4.78 is 4.75. The van der Waals surface area contributed by atoms with Crippen LogP contribution >= 0.6 is 0 Å². The van der Waals surface area contributed by atoms with Crippen molar-refractivity contribution in [2.24, 2.45) is 0 Å². The molecule has 0 saturated carbocycles. The van der Waals surface area contributed by atoms with Crippen LogP contribution in [-0.2, 0) is 9.53 Å². The SMILES string of the molecule is C[C@H]1O[CH][C@@](O)(C=O)[C@@H](O)[C@H]1O. The fourth-order valence-electron chi connectivity index (χ4n) is 0.994. The molecule has 0 aromatic carbocycles. The number of hydrogen-bond acceptors (Lipinski definition) is 5. The van der Waals surface area contributed by atoms with Crippen LogP contribution in [0.15, 0.2) is 0 Å². The predicted octanol–water partition coefficient (Wildman–Crippen LogP) is -1.78. The molecule has 0 aromatic rings. The fraction of sp³-hybridized carbons (Fsp3) is 0.714. The molecule has 0 spiro atoms. The van der Waals surface area contributed by atoms with Crippen molar-refractivity contribution in [1.82, 2.24) is 0 Å². The fourth-order valence-corrected chi connectivity index (χ4v) is 0.994. The first kappa shape index (κ1) is 9.60. The zero-order chi connectivity index (χ0) is 9.35. The molecular formula is C7H11O5. The van der Waals surface area contributed by atoms with Crippen LogP contribution in [0.4, 0.5) is 0 Å². The summed E-state index contributed by atoms with van der Waals surface area (Å²) >= 11 is 0. The Morgan fingerprint density at radius 2 is 2.17 bits per heavy atom. The number of carbonyl (C=O) groups is 1. The van der Waals surface area contributed by atoms with Crippen molar-refractivity contribution >= 4 is 6.29 Å². The Labute approximate surface area is 69.6 Å². The summed E-state index contributed by atoms with van der Waals surface area (Å²) in [6.07, 6.45) is -3.28. The van der Waals surface area contributed by atoms with Gasteiger partial charge < -0.3 is 20.1 Å². The summed E-state index contributed by atoms with van der Waals surface area (Å²) in [6.45, 7) is 2.36. The van der Waals surface area contributed by atoms with Gasteiger partial charge in [0.05, 0.1) is 6.10 Å². The molecule has 1 saturated heterocycles. The molecule has 1 aliphatic rings. The van der Waals surface area contributed by atoms with Gasteiger partial charge in [-0.1, -0.05) is 0 Å². The second-order valence-electron chi connectivity index (χ2n) is 2.90. The van der Waals surface area contributed by atoms with E-state index in [9.17, 15) is 20.1 Å². The van der Waals surface area contributed by atoms with Gasteiger partial charge in [0.25, 0.3) is 0 Å². The minimum absolute atomic E-state index is 0.132. The first-order valence-corrected chi connectivity index (χ1v) is 3.56. The molecular weight excluding hydrogens is 164 g/mol. The largest absolute Gasteiger partial charge is 0.388 e. The maximum absolute atomic E-state index is 10.3. The maximum Gasteiger partial charge on any atom is 0.177 e. The van der Waals surface area contributed by atoms with Crippen molar-refractivity contribution in [3.63, 3.8) is 0 Å². The Balaban J connectivity index is 2.77. The van der Waals surface area contributed by atoms with E-state index in [-0.39, 0.29) is 6.29 Å². The predicted molar refractivity (Wildman–Crippen MR) is 37.9 cm³/mol. The lowest BCUT2D eigenvalue weighted by Crippen LogP contribution is -2.59. The second kappa shape index (κ2) is 3.10. The third kappa shape index (κ3) is 1.36. The molecule has 5 heteroatoms. The van der Waals surface area contributed by atoms with E-state index in [0.29, 0.717) is 0 Å². The van der Waals surface area contributed by atoms with E-state index in [1.807, 2.05) is 0 Å². The Morgan fingerprint density at radius 3 is 2.67 bits per heavy atom. The highest BCUT2D eigenvalue weighted by Crippen LogP contribution is 2.25. The van der Waals surface area contributed by atoms with Crippen LogP contribution in [0.2, 0.25) is 0 Å². The smallest absolute Gasteiger partial charge is 0.177 e. The Hall–Kier alpha value is -0.490. The third-order valence-corrected chi connectivity index (χ3v) is 1.94. The van der Waals surface area contributed by atoms with Gasteiger partial charge in [0.2, 0.25) is 0 Å². The molecule has 0 bridgehead atoms. The van der Waals surface area contributed by atoms with E-state index < -0.39 is 23.9 Å². The highest BCUT2D eigenvalue weighted by molar-refractivity contribution is 5.65. The molecule has 1 fully saturated rings. The van der Waals surface area contributed by atoms with Crippen LogP contribution in [0.1, 0.15) is 6.92 Å². The lowest BCUT2D eigenvalue weighted by atomic mass is 9.90. The van der Waals surface area contributed by atoms with Crippen LogP contribution in [0.3, 0.4) is 0 Å². The Kier molecular flexibility index (Phi) is 2.48. The number of rotatable bonds is 1. The summed E-state index contributed by atoms with van der Waals surface area (Å²) in [5, 5.41) is 27.7. The molecule has 69 valence electrons. The van der Waals surface area contributed by atoms with Gasteiger partial charge in [-0.05, 0) is 6.92 Å². The van der Waals surface area contributed by atoms with Gasteiger partial charge in [-0.2, -0.15) is 0 Å². The van der Waals surface area contributed by atoms with Crippen LogP contribution in [0.5, 0.6) is 0 Å². The van der Waals surface area contributed by atoms with Crippen molar-refractivity contribution in [2.75, 3.05) is 0 Å². The molecule has 3 N–H and O–H groups in total. The summed E-state index contributed by atoms with van der Waals surface area (Å²) in [6, 6.07) is 0. The Morgan fingerprint density at radius 1 is 1.58 bits per heavy atom. The van der Waals surface area contributed by atoms with Gasteiger partial charge in [0.1, 0.15) is 18.8 Å². The van der Waals surface area contributed by atoms with Crippen LogP contribution in [-0.4, -0.2) is 45.5 Å². The number of aliphatic hydroxyl groups excluding tert-OH is 2. The van der Waals surface area contributed by atoms with Gasteiger partial charge in [-0.25, -0.2) is 0 Å². The lowest BCUT2D eigenvalue weighted by molar-refractivity contribution is -0.196. The lowest BCUT2D eigenvalue weighted by Gasteiger charge is -2.38. The highest BCUT2D eigenvalue weighted by Gasteiger charge is 2.47. The van der Waals surface area contributed by atoms with Crippen LogP contribution < -0.4 is 0 Å². The summed E-state index contributed by atoms with van der Waals surface area (Å²) in [4.78, 5) is 10.3. The van der Waals surface area contributed by atoms with Crippen LogP contribution in [0, 0.1) is 6.61 Å². The summed E-state index contributed by atoms with van der Waals surface area (Å²) in [5.74, 6) is 0. The van der Waals surface area contributed by atoms with Crippen molar-refractivity contribution in [3.8, 4) is 0 Å². The van der Waals surface area contributed by atoms with E-state index >= 15 is 0 Å². The average molecular weight is 175 g/mol. The van der Waals surface area contributed by atoms with Gasteiger partial charge in [0.15, 0.2) is 11.9 Å². The first-order valence-electron chi connectivity index (χ1n) is 3.56. The number of carbonyl (C=O) groups excluding carboxylic acids is 1. The molecule has 0 aromatic heterocycles. The van der Waals surface area contributed by atoms with E-state index in [4.69, 9.17) is 4.74 Å². The van der Waals surface area contributed by atoms with Gasteiger partial charge in [0, 0.05) is 0 Å². The van der Waals surface area contributed by atoms with E-state index in [0.717, 1.165) is 6.61 Å². The first-order chi connectivity index (χ1) is 5.51. The van der Waals surface area contributed by atoms with E-state index in [2.05, 4.69) is 0 Å². The molecule has 12 heavy (non-hydrogen) atoms. The number of aliphatic hydroxyl groups is 3. The molecule has 1 aliphatic heterocycles. The number of ether oxygens (including phenoxy) is 1. The monoisotopic (exact) mass is 175 g/mol. The maximum atomic E-state index is 10.3. The molecule has 4 atom stereocenters. The van der Waals surface area contributed by atoms with E-state index in [1.165, 1.54) is 6.92 Å². The normalized spacial score (nSPS) is 48.8. The molecule has 1 rings (SSSR count). The molecule has 0 aliphatic carbocycles. The highest BCUT2D eigenvalue weighted by atomic mass is 16.5. The zero-order valence-electron chi connectivity index (χ0n) is 6.54. The quantitative estimate of drug-likeness (QED) is 0.410. The van der Waals surface area contributed by atoms with Gasteiger partial charge >= 0.3 is 0 Å². The zero-order valence-corrected chi connectivity index (χ0v) is 6.54. The van der Waals surface area contributed by atoms with Crippen molar-refractivity contribution in [3.05, 3.63) is 6.61 Å². The molecule has 0 amide bonds. The molecule has 1 heterocycles. The minimum atomic E-state index is -2.09. The van der Waals surface area contributed by atoms with E-state index in [1.54, 1.807) is 0 Å². The average Bonchev–Trinajstić information content (AvgIpc) is 2.09. The summed E-state index contributed by atoms with van der Waals surface area (Å²) in [5.41, 5.74) is -2.09. The summed E-state index contributed by atoms with van der Waals surface area (Å²) in [7, 11) is 0. The van der Waals surface area contributed by atoms with Crippen molar-refractivity contribution in [2.45, 2.75) is 30.8 Å². The standard InChI is InChI=1S/C7H11O5/c1-4-5(9)6(10)7(11,2-8)3-12-4/h2-6,9-11H,1H3/t4-,5+,6+,7+/m1/s1.